The second-order valence-corrected chi connectivity index (χ2v) is 7.36. The van der Waals surface area contributed by atoms with Crippen molar-refractivity contribution in [3.05, 3.63) is 95.6 Å². The second-order valence-electron chi connectivity index (χ2n) is 6.17. The van der Waals surface area contributed by atoms with Gasteiger partial charge in [-0.25, -0.2) is 0 Å². The van der Waals surface area contributed by atoms with Crippen LogP contribution in [0.15, 0.2) is 78.9 Å². The third-order valence-corrected chi connectivity index (χ3v) is 5.57. The predicted molar refractivity (Wildman–Crippen MR) is 100 cm³/mol. The Balaban J connectivity index is 2.01. The number of hydrogen-bond donors (Lipinski definition) is 0. The standard InChI is InChI=1S/C21H13BrF6O/c22-19(21(26,27)28,15-5-4-6-16(13-15)20(23,24)25)14-9-11-18(12-10-14)29-17-7-2-1-3-8-17/h1-13H. The molecule has 0 radical (unpaired) electrons. The molecule has 0 bridgehead atoms. The molecule has 0 amide bonds. The lowest BCUT2D eigenvalue weighted by atomic mass is 9.89. The summed E-state index contributed by atoms with van der Waals surface area (Å²) in [5.41, 5.74) is -2.01. The highest BCUT2D eigenvalue weighted by Gasteiger charge is 2.56. The molecular weight excluding hydrogens is 462 g/mol. The van der Waals surface area contributed by atoms with Crippen molar-refractivity contribution in [3.8, 4) is 11.5 Å². The van der Waals surface area contributed by atoms with E-state index in [0.29, 0.717) is 17.6 Å². The van der Waals surface area contributed by atoms with Crippen LogP contribution >= 0.6 is 15.9 Å². The maximum atomic E-state index is 14.0. The summed E-state index contributed by atoms with van der Waals surface area (Å²) in [6.07, 6.45) is -9.66. The molecule has 29 heavy (non-hydrogen) atoms. The van der Waals surface area contributed by atoms with Crippen LogP contribution in [0.25, 0.3) is 0 Å². The monoisotopic (exact) mass is 474 g/mol. The van der Waals surface area contributed by atoms with Crippen LogP contribution in [-0.2, 0) is 10.5 Å². The Bertz CT molecular complexity index is 967. The van der Waals surface area contributed by atoms with Crippen molar-refractivity contribution in [1.29, 1.82) is 0 Å². The van der Waals surface area contributed by atoms with E-state index in [-0.39, 0.29) is 5.56 Å². The van der Waals surface area contributed by atoms with E-state index in [1.165, 1.54) is 24.3 Å². The fourth-order valence-electron chi connectivity index (χ4n) is 2.78. The van der Waals surface area contributed by atoms with Gasteiger partial charge in [-0.3, -0.25) is 0 Å². The first-order valence-electron chi connectivity index (χ1n) is 8.28. The molecule has 0 N–H and O–H groups in total. The summed E-state index contributed by atoms with van der Waals surface area (Å²) in [5.74, 6) is 0.792. The SMILES string of the molecule is FC(F)(F)c1cccc(C(Br)(c2ccc(Oc3ccccc3)cc2)C(F)(F)F)c1. The van der Waals surface area contributed by atoms with Gasteiger partial charge in [-0.15, -0.1) is 0 Å². The van der Waals surface area contributed by atoms with E-state index in [1.54, 1.807) is 30.3 Å². The Hall–Kier alpha value is -2.48. The van der Waals surface area contributed by atoms with E-state index in [0.717, 1.165) is 18.2 Å². The van der Waals surface area contributed by atoms with Crippen molar-refractivity contribution in [1.82, 2.24) is 0 Å². The lowest BCUT2D eigenvalue weighted by Gasteiger charge is -2.31. The summed E-state index contributed by atoms with van der Waals surface area (Å²) in [4.78, 5) is 0. The summed E-state index contributed by atoms with van der Waals surface area (Å²) < 4.78 is 83.7. The van der Waals surface area contributed by atoms with Crippen molar-refractivity contribution >= 4 is 15.9 Å². The summed E-state index contributed by atoms with van der Waals surface area (Å²) in [5, 5.41) is 0. The molecular formula is C21H13BrF6O. The molecule has 0 aliphatic heterocycles. The van der Waals surface area contributed by atoms with Crippen LogP contribution < -0.4 is 4.74 Å². The fraction of sp³-hybridized carbons (Fsp3) is 0.143. The summed E-state index contributed by atoms with van der Waals surface area (Å²) in [7, 11) is 0. The van der Waals surface area contributed by atoms with Gasteiger partial charge in [0.1, 0.15) is 11.5 Å². The second kappa shape index (κ2) is 7.74. The van der Waals surface area contributed by atoms with Gasteiger partial charge >= 0.3 is 12.4 Å². The number of alkyl halides is 7. The molecule has 0 saturated carbocycles. The third kappa shape index (κ3) is 4.42. The number of benzene rings is 3. The molecule has 8 heteroatoms. The highest BCUT2D eigenvalue weighted by molar-refractivity contribution is 9.09. The maximum Gasteiger partial charge on any atom is 0.416 e. The molecule has 0 saturated heterocycles. The van der Waals surface area contributed by atoms with Gasteiger partial charge in [-0.05, 0) is 47.5 Å². The molecule has 3 aromatic carbocycles. The van der Waals surface area contributed by atoms with Crippen molar-refractivity contribution < 1.29 is 31.1 Å². The molecule has 0 heterocycles. The first-order valence-corrected chi connectivity index (χ1v) is 9.08. The number of ether oxygens (including phenoxy) is 1. The van der Waals surface area contributed by atoms with Gasteiger partial charge in [0.05, 0.1) is 5.56 Å². The lowest BCUT2D eigenvalue weighted by molar-refractivity contribution is -0.150. The molecule has 3 rings (SSSR count). The van der Waals surface area contributed by atoms with E-state index in [4.69, 9.17) is 4.74 Å². The first-order chi connectivity index (χ1) is 13.5. The zero-order valence-electron chi connectivity index (χ0n) is 14.6. The van der Waals surface area contributed by atoms with Crippen LogP contribution in [-0.4, -0.2) is 6.18 Å². The highest BCUT2D eigenvalue weighted by Crippen LogP contribution is 2.52. The van der Waals surface area contributed by atoms with Crippen LogP contribution in [0, 0.1) is 0 Å². The Labute approximate surface area is 171 Å². The summed E-state index contributed by atoms with van der Waals surface area (Å²) in [6.45, 7) is 0. The number of para-hydroxylation sites is 1. The van der Waals surface area contributed by atoms with Gasteiger partial charge in [0, 0.05) is 0 Å². The highest BCUT2D eigenvalue weighted by atomic mass is 79.9. The molecule has 152 valence electrons. The van der Waals surface area contributed by atoms with E-state index in [1.807, 2.05) is 0 Å². The zero-order chi connectivity index (χ0) is 21.3. The summed E-state index contributed by atoms with van der Waals surface area (Å²) >= 11 is 2.68. The van der Waals surface area contributed by atoms with Crippen molar-refractivity contribution in [2.45, 2.75) is 16.7 Å². The van der Waals surface area contributed by atoms with Gasteiger partial charge in [-0.2, -0.15) is 26.3 Å². The minimum Gasteiger partial charge on any atom is -0.457 e. The maximum absolute atomic E-state index is 14.0. The smallest absolute Gasteiger partial charge is 0.416 e. The van der Waals surface area contributed by atoms with E-state index >= 15 is 0 Å². The first kappa shape index (κ1) is 21.2. The van der Waals surface area contributed by atoms with Crippen molar-refractivity contribution in [3.63, 3.8) is 0 Å². The Morgan fingerprint density at radius 2 is 1.14 bits per heavy atom. The molecule has 0 fully saturated rings. The molecule has 1 nitrogen and oxygen atoms in total. The molecule has 0 aliphatic carbocycles. The molecule has 1 unspecified atom stereocenters. The molecule has 1 atom stereocenters. The predicted octanol–water partition coefficient (Wildman–Crippen LogP) is 7.70. The largest absolute Gasteiger partial charge is 0.457 e. The molecule has 3 aromatic rings. The normalized spacial score (nSPS) is 14.3. The van der Waals surface area contributed by atoms with Crippen LogP contribution in [0.2, 0.25) is 0 Å². The van der Waals surface area contributed by atoms with E-state index in [2.05, 4.69) is 15.9 Å². The van der Waals surface area contributed by atoms with Crippen molar-refractivity contribution in [2.24, 2.45) is 0 Å². The molecule has 0 aliphatic rings. The number of rotatable bonds is 4. The molecule has 0 spiro atoms. The number of hydrogen-bond acceptors (Lipinski definition) is 1. The van der Waals surface area contributed by atoms with Gasteiger partial charge in [0.2, 0.25) is 0 Å². The summed E-state index contributed by atoms with van der Waals surface area (Å²) in [6, 6.07) is 16.8. The minimum absolute atomic E-state index is 0.273. The Morgan fingerprint density at radius 1 is 0.586 bits per heavy atom. The van der Waals surface area contributed by atoms with Crippen LogP contribution in [0.5, 0.6) is 11.5 Å². The number of halogens is 7. The fourth-order valence-corrected chi connectivity index (χ4v) is 3.29. The van der Waals surface area contributed by atoms with Gasteiger partial charge in [-0.1, -0.05) is 58.4 Å². The van der Waals surface area contributed by atoms with Gasteiger partial charge < -0.3 is 4.74 Å². The molecule has 0 aromatic heterocycles. The lowest BCUT2D eigenvalue weighted by Crippen LogP contribution is -2.37. The van der Waals surface area contributed by atoms with Crippen LogP contribution in [0.4, 0.5) is 26.3 Å². The Kier molecular flexibility index (Phi) is 5.67. The topological polar surface area (TPSA) is 9.23 Å². The minimum atomic E-state index is -4.90. The zero-order valence-corrected chi connectivity index (χ0v) is 16.1. The average Bonchev–Trinajstić information content (AvgIpc) is 2.67. The van der Waals surface area contributed by atoms with Crippen LogP contribution in [0.1, 0.15) is 16.7 Å². The van der Waals surface area contributed by atoms with Crippen LogP contribution in [0.3, 0.4) is 0 Å². The third-order valence-electron chi connectivity index (χ3n) is 4.21. The Morgan fingerprint density at radius 3 is 1.69 bits per heavy atom. The van der Waals surface area contributed by atoms with E-state index in [9.17, 15) is 26.3 Å². The van der Waals surface area contributed by atoms with Gasteiger partial charge in [0.25, 0.3) is 0 Å². The quantitative estimate of drug-likeness (QED) is 0.278. The van der Waals surface area contributed by atoms with Gasteiger partial charge in [0.15, 0.2) is 4.32 Å². The average molecular weight is 475 g/mol. The van der Waals surface area contributed by atoms with E-state index < -0.39 is 27.8 Å². The van der Waals surface area contributed by atoms with Crippen molar-refractivity contribution in [2.75, 3.05) is 0 Å².